The molecule has 6 heteroatoms. The van der Waals surface area contributed by atoms with E-state index in [1.54, 1.807) is 24.3 Å². The van der Waals surface area contributed by atoms with E-state index in [1.165, 1.54) is 6.26 Å². The fourth-order valence-electron chi connectivity index (χ4n) is 1.53. The summed E-state index contributed by atoms with van der Waals surface area (Å²) in [6, 6.07) is 6.64. The molecule has 18 heavy (non-hydrogen) atoms. The molecule has 0 saturated carbocycles. The summed E-state index contributed by atoms with van der Waals surface area (Å²) in [6.45, 7) is 4.02. The molecule has 0 fully saturated rings. The zero-order valence-electron chi connectivity index (χ0n) is 10.5. The van der Waals surface area contributed by atoms with E-state index in [0.29, 0.717) is 11.4 Å². The molecule has 1 N–H and O–H groups in total. The minimum atomic E-state index is -3.21. The van der Waals surface area contributed by atoms with Crippen LogP contribution in [0.3, 0.4) is 0 Å². The molecule has 0 atom stereocenters. The van der Waals surface area contributed by atoms with Crippen molar-refractivity contribution in [1.82, 2.24) is 15.2 Å². The Balaban J connectivity index is 2.45. The molecule has 1 aromatic heterocycles. The lowest BCUT2D eigenvalue weighted by atomic mass is 10.2. The molecule has 1 heterocycles. The Morgan fingerprint density at radius 1 is 1.28 bits per heavy atom. The highest BCUT2D eigenvalue weighted by molar-refractivity contribution is 7.90. The first-order valence-electron chi connectivity index (χ1n) is 5.60. The molecule has 0 amide bonds. The Morgan fingerprint density at radius 3 is 2.56 bits per heavy atom. The number of aromatic amines is 1. The minimum Gasteiger partial charge on any atom is -0.262 e. The van der Waals surface area contributed by atoms with Crippen LogP contribution in [-0.2, 0) is 9.84 Å². The second-order valence-electron chi connectivity index (χ2n) is 4.50. The maximum absolute atomic E-state index is 11.5. The Labute approximate surface area is 106 Å². The number of aromatic nitrogens is 3. The van der Waals surface area contributed by atoms with Gasteiger partial charge in [0.05, 0.1) is 4.90 Å². The Morgan fingerprint density at radius 2 is 2.00 bits per heavy atom. The van der Waals surface area contributed by atoms with Crippen molar-refractivity contribution in [2.24, 2.45) is 0 Å². The Bertz CT molecular complexity index is 659. The average molecular weight is 265 g/mol. The minimum absolute atomic E-state index is 0.254. The summed E-state index contributed by atoms with van der Waals surface area (Å²) in [6.07, 6.45) is 1.18. The first kappa shape index (κ1) is 12.8. The van der Waals surface area contributed by atoms with Gasteiger partial charge >= 0.3 is 0 Å². The fourth-order valence-corrected chi connectivity index (χ4v) is 2.19. The van der Waals surface area contributed by atoms with Crippen LogP contribution in [0.25, 0.3) is 11.4 Å². The van der Waals surface area contributed by atoms with Crippen LogP contribution in [0.4, 0.5) is 0 Å². The normalized spacial score (nSPS) is 12.0. The molecule has 2 rings (SSSR count). The van der Waals surface area contributed by atoms with Crippen molar-refractivity contribution >= 4 is 9.84 Å². The van der Waals surface area contributed by atoms with Crippen molar-refractivity contribution in [1.29, 1.82) is 0 Å². The summed E-state index contributed by atoms with van der Waals surface area (Å²) in [5.41, 5.74) is 0.695. The van der Waals surface area contributed by atoms with Gasteiger partial charge in [-0.1, -0.05) is 26.0 Å². The van der Waals surface area contributed by atoms with Gasteiger partial charge in [0.15, 0.2) is 15.7 Å². The molecule has 5 nitrogen and oxygen atoms in total. The number of H-pyrrole nitrogens is 1. The van der Waals surface area contributed by atoms with Gasteiger partial charge in [-0.15, -0.1) is 0 Å². The van der Waals surface area contributed by atoms with E-state index in [1.807, 2.05) is 13.8 Å². The van der Waals surface area contributed by atoms with E-state index < -0.39 is 9.84 Å². The van der Waals surface area contributed by atoms with Crippen molar-refractivity contribution in [2.75, 3.05) is 6.26 Å². The number of hydrogen-bond acceptors (Lipinski definition) is 4. The van der Waals surface area contributed by atoms with E-state index in [2.05, 4.69) is 15.2 Å². The zero-order valence-corrected chi connectivity index (χ0v) is 11.3. The van der Waals surface area contributed by atoms with E-state index in [4.69, 9.17) is 0 Å². The van der Waals surface area contributed by atoms with E-state index in [9.17, 15) is 8.42 Å². The molecule has 96 valence electrons. The van der Waals surface area contributed by atoms with Crippen molar-refractivity contribution in [2.45, 2.75) is 24.7 Å². The van der Waals surface area contributed by atoms with Crippen molar-refractivity contribution in [3.05, 3.63) is 30.1 Å². The summed E-state index contributed by atoms with van der Waals surface area (Å²) >= 11 is 0. The summed E-state index contributed by atoms with van der Waals surface area (Å²) in [4.78, 5) is 4.62. The Kier molecular flexibility index (Phi) is 3.21. The lowest BCUT2D eigenvalue weighted by Gasteiger charge is -2.00. The number of benzene rings is 1. The second kappa shape index (κ2) is 4.53. The number of sulfone groups is 1. The van der Waals surface area contributed by atoms with Crippen molar-refractivity contribution in [3.63, 3.8) is 0 Å². The Hall–Kier alpha value is -1.69. The number of nitrogens with one attached hydrogen (secondary N) is 1. The maximum atomic E-state index is 11.5. The zero-order chi connectivity index (χ0) is 13.3. The number of rotatable bonds is 3. The molecule has 0 aliphatic rings. The largest absolute Gasteiger partial charge is 0.262 e. The van der Waals surface area contributed by atoms with Crippen LogP contribution in [0.15, 0.2) is 29.2 Å². The van der Waals surface area contributed by atoms with Gasteiger partial charge in [-0.3, -0.25) is 5.10 Å². The predicted octanol–water partition coefficient (Wildman–Crippen LogP) is 2.00. The number of hydrogen-bond donors (Lipinski definition) is 1. The van der Waals surface area contributed by atoms with E-state index in [0.717, 1.165) is 5.82 Å². The van der Waals surface area contributed by atoms with Crippen LogP contribution in [0.5, 0.6) is 0 Å². The molecule has 0 aliphatic carbocycles. The SMILES string of the molecule is CC(C)c1nc(-c2cccc(S(C)(=O)=O)c2)n[nH]1. The molecular formula is C12H15N3O2S. The third kappa shape index (κ3) is 2.59. The highest BCUT2D eigenvalue weighted by atomic mass is 32.2. The standard InChI is InChI=1S/C12H15N3O2S/c1-8(2)11-13-12(15-14-11)9-5-4-6-10(7-9)18(3,16)17/h4-8H,1-3H3,(H,13,14,15). The van der Waals surface area contributed by atoms with Gasteiger partial charge in [0.2, 0.25) is 0 Å². The summed E-state index contributed by atoms with van der Waals surface area (Å²) in [5, 5.41) is 6.95. The molecule has 0 saturated heterocycles. The molecule has 2 aromatic rings. The van der Waals surface area contributed by atoms with Crippen LogP contribution in [0.1, 0.15) is 25.6 Å². The van der Waals surface area contributed by atoms with E-state index >= 15 is 0 Å². The molecule has 0 bridgehead atoms. The highest BCUT2D eigenvalue weighted by Crippen LogP contribution is 2.20. The summed E-state index contributed by atoms with van der Waals surface area (Å²) < 4.78 is 23.0. The van der Waals surface area contributed by atoms with Crippen molar-refractivity contribution < 1.29 is 8.42 Å². The first-order chi connectivity index (χ1) is 8.38. The van der Waals surface area contributed by atoms with Gasteiger partial charge in [-0.2, -0.15) is 5.10 Å². The third-order valence-corrected chi connectivity index (χ3v) is 3.68. The lowest BCUT2D eigenvalue weighted by molar-refractivity contribution is 0.602. The van der Waals surface area contributed by atoms with Crippen LogP contribution in [0.2, 0.25) is 0 Å². The smallest absolute Gasteiger partial charge is 0.181 e. The molecular weight excluding hydrogens is 250 g/mol. The topological polar surface area (TPSA) is 75.7 Å². The van der Waals surface area contributed by atoms with Gasteiger partial charge in [0.1, 0.15) is 5.82 Å². The van der Waals surface area contributed by atoms with Crippen LogP contribution < -0.4 is 0 Å². The highest BCUT2D eigenvalue weighted by Gasteiger charge is 2.12. The summed E-state index contributed by atoms with van der Waals surface area (Å²) in [7, 11) is -3.21. The monoisotopic (exact) mass is 265 g/mol. The lowest BCUT2D eigenvalue weighted by Crippen LogP contribution is -1.97. The third-order valence-electron chi connectivity index (χ3n) is 2.57. The number of nitrogens with zero attached hydrogens (tertiary/aromatic N) is 2. The van der Waals surface area contributed by atoms with Crippen molar-refractivity contribution in [3.8, 4) is 11.4 Å². The molecule has 0 radical (unpaired) electrons. The van der Waals surface area contributed by atoms with Gasteiger partial charge in [-0.25, -0.2) is 13.4 Å². The second-order valence-corrected chi connectivity index (χ2v) is 6.51. The molecule has 0 unspecified atom stereocenters. The maximum Gasteiger partial charge on any atom is 0.181 e. The van der Waals surface area contributed by atoms with Gasteiger partial charge < -0.3 is 0 Å². The van der Waals surface area contributed by atoms with Gasteiger partial charge in [-0.05, 0) is 12.1 Å². The fraction of sp³-hybridized carbons (Fsp3) is 0.333. The quantitative estimate of drug-likeness (QED) is 0.921. The summed E-state index contributed by atoms with van der Waals surface area (Å²) in [5.74, 6) is 1.56. The van der Waals surface area contributed by atoms with E-state index in [-0.39, 0.29) is 10.8 Å². The molecule has 1 aromatic carbocycles. The predicted molar refractivity (Wildman–Crippen MR) is 69.0 cm³/mol. The van der Waals surface area contributed by atoms with Gasteiger partial charge in [0, 0.05) is 17.7 Å². The average Bonchev–Trinajstić information content (AvgIpc) is 2.77. The van der Waals surface area contributed by atoms with Gasteiger partial charge in [0.25, 0.3) is 0 Å². The van der Waals surface area contributed by atoms with Crippen LogP contribution >= 0.6 is 0 Å². The molecule has 0 aliphatic heterocycles. The molecule has 0 spiro atoms. The first-order valence-corrected chi connectivity index (χ1v) is 7.50. The van der Waals surface area contributed by atoms with Crippen LogP contribution in [0, 0.1) is 0 Å². The van der Waals surface area contributed by atoms with Crippen LogP contribution in [-0.4, -0.2) is 29.9 Å².